The molecule has 0 aliphatic heterocycles. The Morgan fingerprint density at radius 1 is 1.43 bits per heavy atom. The first-order valence-electron chi connectivity index (χ1n) is 6.23. The predicted molar refractivity (Wildman–Crippen MR) is 77.9 cm³/mol. The van der Waals surface area contributed by atoms with Gasteiger partial charge in [-0.25, -0.2) is 13.1 Å². The molecular formula is C12H13BrN4O3S. The van der Waals surface area contributed by atoms with Crippen LogP contribution in [0.4, 0.5) is 0 Å². The second-order valence-corrected chi connectivity index (χ2v) is 7.26. The number of rotatable bonds is 3. The molecule has 1 aromatic carbocycles. The van der Waals surface area contributed by atoms with E-state index in [9.17, 15) is 13.5 Å². The van der Waals surface area contributed by atoms with Crippen molar-refractivity contribution < 1.29 is 13.5 Å². The zero-order valence-corrected chi connectivity index (χ0v) is 13.5. The molecule has 2 atom stereocenters. The minimum absolute atomic E-state index is 0.0703. The molecule has 2 aromatic rings. The second kappa shape index (κ2) is 5.16. The zero-order valence-electron chi connectivity index (χ0n) is 11.1. The van der Waals surface area contributed by atoms with Crippen LogP contribution < -0.4 is 4.72 Å². The third kappa shape index (κ3) is 2.50. The molecular weight excluding hydrogens is 360 g/mol. The van der Waals surface area contributed by atoms with Gasteiger partial charge in [-0.3, -0.25) is 0 Å². The number of hydrogen-bond acceptors (Lipinski definition) is 5. The molecule has 1 aliphatic carbocycles. The number of aliphatic hydroxyl groups is 1. The highest BCUT2D eigenvalue weighted by atomic mass is 79.9. The standard InChI is InChI=1S/C12H13BrN4O3S/c1-17-12(11(13)14-16-17)21(19,20)15-10-8-5-3-2-4-7(8)6-9(10)18/h2-5,9-10,15,18H,6H2,1H3/t9-,10+/m1/s1. The molecule has 0 radical (unpaired) electrons. The average Bonchev–Trinajstić information content (AvgIpc) is 2.91. The summed E-state index contributed by atoms with van der Waals surface area (Å²) in [6.45, 7) is 0. The molecule has 1 aromatic heterocycles. The summed E-state index contributed by atoms with van der Waals surface area (Å²) in [4.78, 5) is 0. The number of hydrogen-bond donors (Lipinski definition) is 2. The molecule has 1 aliphatic rings. The normalized spacial score (nSPS) is 21.5. The van der Waals surface area contributed by atoms with Crippen molar-refractivity contribution in [3.8, 4) is 0 Å². The fourth-order valence-corrected chi connectivity index (χ4v) is 4.89. The highest BCUT2D eigenvalue weighted by Gasteiger charge is 2.36. The van der Waals surface area contributed by atoms with Gasteiger partial charge in [0.15, 0.2) is 4.60 Å². The van der Waals surface area contributed by atoms with Crippen LogP contribution in [0.3, 0.4) is 0 Å². The van der Waals surface area contributed by atoms with Crippen LogP contribution in [0.15, 0.2) is 33.9 Å². The number of halogens is 1. The van der Waals surface area contributed by atoms with E-state index in [0.29, 0.717) is 6.42 Å². The van der Waals surface area contributed by atoms with E-state index in [0.717, 1.165) is 11.1 Å². The smallest absolute Gasteiger partial charge is 0.261 e. The molecule has 112 valence electrons. The van der Waals surface area contributed by atoms with Gasteiger partial charge in [0.2, 0.25) is 5.03 Å². The van der Waals surface area contributed by atoms with Crippen molar-refractivity contribution in [2.24, 2.45) is 7.05 Å². The Morgan fingerprint density at radius 3 is 2.81 bits per heavy atom. The van der Waals surface area contributed by atoms with Gasteiger partial charge in [-0.2, -0.15) is 4.72 Å². The molecule has 0 saturated heterocycles. The first-order valence-corrected chi connectivity index (χ1v) is 8.51. The van der Waals surface area contributed by atoms with Crippen LogP contribution in [-0.4, -0.2) is 34.6 Å². The maximum absolute atomic E-state index is 12.5. The molecule has 0 fully saturated rings. The Morgan fingerprint density at radius 2 is 2.14 bits per heavy atom. The Bertz CT molecular complexity index is 770. The van der Waals surface area contributed by atoms with Gasteiger partial charge in [0.05, 0.1) is 12.1 Å². The number of nitrogens with zero attached hydrogens (tertiary/aromatic N) is 3. The van der Waals surface area contributed by atoms with Gasteiger partial charge in [-0.05, 0) is 27.1 Å². The quantitative estimate of drug-likeness (QED) is 0.818. The lowest BCUT2D eigenvalue weighted by molar-refractivity contribution is 0.151. The van der Waals surface area contributed by atoms with Crippen LogP contribution in [0, 0.1) is 0 Å². The van der Waals surface area contributed by atoms with Crippen molar-refractivity contribution in [2.45, 2.75) is 23.6 Å². The molecule has 21 heavy (non-hydrogen) atoms. The van der Waals surface area contributed by atoms with Crippen molar-refractivity contribution in [2.75, 3.05) is 0 Å². The van der Waals surface area contributed by atoms with Crippen LogP contribution >= 0.6 is 15.9 Å². The Hall–Kier alpha value is -1.29. The predicted octanol–water partition coefficient (Wildman–Crippen LogP) is 0.514. The van der Waals surface area contributed by atoms with Crippen molar-refractivity contribution in [3.63, 3.8) is 0 Å². The molecule has 0 bridgehead atoms. The molecule has 0 amide bonds. The molecule has 2 N–H and O–H groups in total. The van der Waals surface area contributed by atoms with Crippen LogP contribution in [0.5, 0.6) is 0 Å². The van der Waals surface area contributed by atoms with Crippen molar-refractivity contribution in [1.29, 1.82) is 0 Å². The number of nitrogens with one attached hydrogen (secondary N) is 1. The number of benzene rings is 1. The molecule has 0 unspecified atom stereocenters. The number of fused-ring (bicyclic) bond motifs is 1. The lowest BCUT2D eigenvalue weighted by Crippen LogP contribution is -2.35. The van der Waals surface area contributed by atoms with Crippen LogP contribution in [0.2, 0.25) is 0 Å². The van der Waals surface area contributed by atoms with E-state index in [1.807, 2.05) is 24.3 Å². The van der Waals surface area contributed by atoms with E-state index in [2.05, 4.69) is 31.0 Å². The molecule has 0 spiro atoms. The zero-order chi connectivity index (χ0) is 15.2. The molecule has 1 heterocycles. The van der Waals surface area contributed by atoms with Crippen LogP contribution in [-0.2, 0) is 23.5 Å². The van der Waals surface area contributed by atoms with Crippen LogP contribution in [0.25, 0.3) is 0 Å². The minimum atomic E-state index is -3.86. The van der Waals surface area contributed by atoms with E-state index >= 15 is 0 Å². The maximum atomic E-state index is 12.5. The fraction of sp³-hybridized carbons (Fsp3) is 0.333. The highest BCUT2D eigenvalue weighted by molar-refractivity contribution is 9.10. The van der Waals surface area contributed by atoms with Gasteiger partial charge in [0.1, 0.15) is 0 Å². The maximum Gasteiger partial charge on any atom is 0.261 e. The topological polar surface area (TPSA) is 97.1 Å². The van der Waals surface area contributed by atoms with Gasteiger partial charge < -0.3 is 5.11 Å². The molecule has 9 heteroatoms. The van der Waals surface area contributed by atoms with E-state index in [4.69, 9.17) is 0 Å². The summed E-state index contributed by atoms with van der Waals surface area (Å²) in [6.07, 6.45) is -0.370. The van der Waals surface area contributed by atoms with Gasteiger partial charge in [-0.1, -0.05) is 29.5 Å². The Kier molecular flexibility index (Phi) is 3.60. The largest absolute Gasteiger partial charge is 0.391 e. The van der Waals surface area contributed by atoms with Crippen LogP contribution in [0.1, 0.15) is 17.2 Å². The summed E-state index contributed by atoms with van der Waals surface area (Å²) in [5, 5.41) is 17.4. The van der Waals surface area contributed by atoms with Gasteiger partial charge in [0.25, 0.3) is 10.0 Å². The summed E-state index contributed by atoms with van der Waals surface area (Å²) in [6, 6.07) is 6.71. The first kappa shape index (κ1) is 14.6. The fourth-order valence-electron chi connectivity index (χ4n) is 2.55. The molecule has 7 nitrogen and oxygen atoms in total. The summed E-state index contributed by atoms with van der Waals surface area (Å²) in [5.74, 6) is 0. The summed E-state index contributed by atoms with van der Waals surface area (Å²) < 4.78 is 28.8. The van der Waals surface area contributed by atoms with Gasteiger partial charge in [-0.15, -0.1) is 5.10 Å². The number of aliphatic hydroxyl groups excluding tert-OH is 1. The third-order valence-electron chi connectivity index (χ3n) is 3.48. The SMILES string of the molecule is Cn1nnc(Br)c1S(=O)(=O)N[C@H]1c2ccccc2C[C@H]1O. The minimum Gasteiger partial charge on any atom is -0.391 e. The molecule has 3 rings (SSSR count). The number of sulfonamides is 1. The van der Waals surface area contributed by atoms with E-state index in [1.54, 1.807) is 0 Å². The third-order valence-corrected chi connectivity index (χ3v) is 5.81. The van der Waals surface area contributed by atoms with Crippen molar-refractivity contribution >= 4 is 26.0 Å². The number of aryl methyl sites for hydroxylation is 1. The molecule has 0 saturated carbocycles. The highest BCUT2D eigenvalue weighted by Crippen LogP contribution is 2.33. The first-order chi connectivity index (χ1) is 9.90. The number of aromatic nitrogens is 3. The van der Waals surface area contributed by atoms with Gasteiger partial charge >= 0.3 is 0 Å². The Balaban J connectivity index is 1.97. The lowest BCUT2D eigenvalue weighted by atomic mass is 10.1. The lowest BCUT2D eigenvalue weighted by Gasteiger charge is -2.17. The summed E-state index contributed by atoms with van der Waals surface area (Å²) in [5.41, 5.74) is 1.74. The average molecular weight is 373 g/mol. The second-order valence-electron chi connectivity index (χ2n) is 4.88. The monoisotopic (exact) mass is 372 g/mol. The van der Waals surface area contributed by atoms with E-state index in [-0.39, 0.29) is 9.63 Å². The van der Waals surface area contributed by atoms with E-state index < -0.39 is 22.2 Å². The Labute approximate surface area is 130 Å². The van der Waals surface area contributed by atoms with Crippen molar-refractivity contribution in [3.05, 3.63) is 40.0 Å². The summed E-state index contributed by atoms with van der Waals surface area (Å²) >= 11 is 3.07. The van der Waals surface area contributed by atoms with E-state index in [1.165, 1.54) is 11.7 Å². The van der Waals surface area contributed by atoms with Gasteiger partial charge in [0, 0.05) is 13.5 Å². The summed E-state index contributed by atoms with van der Waals surface area (Å²) in [7, 11) is -2.36. The van der Waals surface area contributed by atoms with Crippen molar-refractivity contribution in [1.82, 2.24) is 19.7 Å².